The summed E-state index contributed by atoms with van der Waals surface area (Å²) in [5.74, 6) is 0.890. The summed E-state index contributed by atoms with van der Waals surface area (Å²) in [5.41, 5.74) is 0. The van der Waals surface area contributed by atoms with Crippen LogP contribution in [0, 0.1) is 5.92 Å². The highest BCUT2D eigenvalue weighted by Crippen LogP contribution is 2.15. The highest BCUT2D eigenvalue weighted by Gasteiger charge is 1.96. The molecule has 0 heterocycles. The molecule has 0 amide bonds. The molecule has 0 aromatic carbocycles. The smallest absolute Gasteiger partial charge is 0.0351 e. The fourth-order valence-electron chi connectivity index (χ4n) is 4.61. The van der Waals surface area contributed by atoms with Crippen molar-refractivity contribution < 1.29 is 0 Å². The molecule has 0 saturated heterocycles. The second kappa shape index (κ2) is 28.5. The molecule has 0 atom stereocenters. The Labute approximate surface area is 205 Å². The van der Waals surface area contributed by atoms with Gasteiger partial charge in [0.1, 0.15) is 0 Å². The SMILES string of the molecule is C=CCCCCCCCCCCCCCCC=CCCCCCCCCCCCC(C)C. The van der Waals surface area contributed by atoms with Crippen molar-refractivity contribution in [3.05, 3.63) is 24.8 Å². The third kappa shape index (κ3) is 29.5. The topological polar surface area (TPSA) is 0 Å². The molecular weight excluding hydrogens is 384 g/mol. The second-order valence-corrected chi connectivity index (χ2v) is 10.7. The molecule has 0 bridgehead atoms. The number of rotatable bonds is 27. The van der Waals surface area contributed by atoms with Crippen molar-refractivity contribution >= 4 is 0 Å². The van der Waals surface area contributed by atoms with E-state index >= 15 is 0 Å². The largest absolute Gasteiger partial charge is 0.103 e. The van der Waals surface area contributed by atoms with Crippen molar-refractivity contribution in [2.75, 3.05) is 0 Å². The highest BCUT2D eigenvalue weighted by atomic mass is 14.0. The number of hydrogen-bond donors (Lipinski definition) is 0. The van der Waals surface area contributed by atoms with Gasteiger partial charge in [0.05, 0.1) is 0 Å². The van der Waals surface area contributed by atoms with E-state index in [1.807, 2.05) is 0 Å². The highest BCUT2D eigenvalue weighted by molar-refractivity contribution is 4.81. The normalized spacial score (nSPS) is 11.7. The molecule has 0 nitrogen and oxygen atoms in total. The van der Waals surface area contributed by atoms with Crippen LogP contribution in [0.4, 0.5) is 0 Å². The predicted octanol–water partition coefficient (Wildman–Crippen LogP) is 12.1. The van der Waals surface area contributed by atoms with E-state index in [4.69, 9.17) is 0 Å². The molecule has 32 heavy (non-hydrogen) atoms. The first-order valence-electron chi connectivity index (χ1n) is 15.0. The van der Waals surface area contributed by atoms with Crippen LogP contribution >= 0.6 is 0 Å². The molecule has 0 radical (unpaired) electrons. The molecule has 0 aromatic rings. The van der Waals surface area contributed by atoms with Gasteiger partial charge >= 0.3 is 0 Å². The summed E-state index contributed by atoms with van der Waals surface area (Å²) in [6, 6.07) is 0. The van der Waals surface area contributed by atoms with Crippen LogP contribution in [0.3, 0.4) is 0 Å². The Morgan fingerprint density at radius 1 is 0.406 bits per heavy atom. The average Bonchev–Trinajstić information content (AvgIpc) is 2.78. The summed E-state index contributed by atoms with van der Waals surface area (Å²) in [5, 5.41) is 0. The van der Waals surface area contributed by atoms with Crippen molar-refractivity contribution in [1.29, 1.82) is 0 Å². The van der Waals surface area contributed by atoms with Crippen molar-refractivity contribution in [3.8, 4) is 0 Å². The zero-order valence-corrected chi connectivity index (χ0v) is 22.7. The molecule has 0 rings (SSSR count). The van der Waals surface area contributed by atoms with Crippen LogP contribution in [-0.2, 0) is 0 Å². The fourth-order valence-corrected chi connectivity index (χ4v) is 4.61. The van der Waals surface area contributed by atoms with Crippen LogP contribution in [0.1, 0.15) is 174 Å². The van der Waals surface area contributed by atoms with Gasteiger partial charge in [0, 0.05) is 0 Å². The summed E-state index contributed by atoms with van der Waals surface area (Å²) in [6.45, 7) is 8.47. The molecule has 0 unspecified atom stereocenters. The lowest BCUT2D eigenvalue weighted by atomic mass is 10.0. The van der Waals surface area contributed by atoms with Gasteiger partial charge in [-0.3, -0.25) is 0 Å². The first kappa shape index (κ1) is 31.5. The summed E-state index contributed by atoms with van der Waals surface area (Å²) < 4.78 is 0. The van der Waals surface area contributed by atoms with Gasteiger partial charge in [-0.25, -0.2) is 0 Å². The van der Waals surface area contributed by atoms with E-state index in [2.05, 4.69) is 38.7 Å². The first-order valence-corrected chi connectivity index (χ1v) is 15.0. The third-order valence-corrected chi connectivity index (χ3v) is 6.85. The van der Waals surface area contributed by atoms with Crippen molar-refractivity contribution in [2.45, 2.75) is 174 Å². The van der Waals surface area contributed by atoms with Gasteiger partial charge in [0.25, 0.3) is 0 Å². The Bertz CT molecular complexity index is 364. The van der Waals surface area contributed by atoms with Gasteiger partial charge in [0.15, 0.2) is 0 Å². The Hall–Kier alpha value is -0.520. The van der Waals surface area contributed by atoms with E-state index < -0.39 is 0 Å². The summed E-state index contributed by atoms with van der Waals surface area (Å²) in [7, 11) is 0. The standard InChI is InChI=1S/C32H62/c1-4-5-6-7-8-9-10-11-12-13-14-15-16-17-18-19-20-21-22-23-24-25-26-27-28-29-30-31-32(2)3/h4,19-20,32H,1,5-18,21-31H2,2-3H3. The monoisotopic (exact) mass is 446 g/mol. The van der Waals surface area contributed by atoms with Crippen LogP contribution in [0.15, 0.2) is 24.8 Å². The average molecular weight is 447 g/mol. The van der Waals surface area contributed by atoms with Gasteiger partial charge in [-0.2, -0.15) is 0 Å². The zero-order valence-electron chi connectivity index (χ0n) is 22.7. The quantitative estimate of drug-likeness (QED) is 0.0868. The van der Waals surface area contributed by atoms with Crippen LogP contribution < -0.4 is 0 Å². The minimum absolute atomic E-state index is 0.890. The Kier molecular flexibility index (Phi) is 28.0. The molecule has 0 aliphatic rings. The number of unbranched alkanes of at least 4 members (excludes halogenated alkanes) is 22. The first-order chi connectivity index (χ1) is 15.8. The van der Waals surface area contributed by atoms with Crippen LogP contribution in [0.2, 0.25) is 0 Å². The van der Waals surface area contributed by atoms with E-state index in [1.165, 1.54) is 161 Å². The molecule has 0 fully saturated rings. The van der Waals surface area contributed by atoms with Crippen molar-refractivity contribution in [3.63, 3.8) is 0 Å². The molecule has 0 saturated carbocycles. The summed E-state index contributed by atoms with van der Waals surface area (Å²) >= 11 is 0. The third-order valence-electron chi connectivity index (χ3n) is 6.85. The van der Waals surface area contributed by atoms with E-state index in [-0.39, 0.29) is 0 Å². The summed E-state index contributed by atoms with van der Waals surface area (Å²) in [6.07, 6.45) is 42.5. The van der Waals surface area contributed by atoms with Gasteiger partial charge in [-0.1, -0.05) is 154 Å². The Morgan fingerprint density at radius 2 is 0.688 bits per heavy atom. The maximum Gasteiger partial charge on any atom is -0.0351 e. The van der Waals surface area contributed by atoms with Gasteiger partial charge < -0.3 is 0 Å². The van der Waals surface area contributed by atoms with E-state index in [0.717, 1.165) is 5.92 Å². The fraction of sp³-hybridized carbons (Fsp3) is 0.875. The Morgan fingerprint density at radius 3 is 1.00 bits per heavy atom. The lowest BCUT2D eigenvalue weighted by Gasteiger charge is -2.04. The van der Waals surface area contributed by atoms with E-state index in [9.17, 15) is 0 Å². The van der Waals surface area contributed by atoms with Crippen LogP contribution in [-0.4, -0.2) is 0 Å². The molecule has 0 aromatic heterocycles. The van der Waals surface area contributed by atoms with Crippen LogP contribution in [0.25, 0.3) is 0 Å². The van der Waals surface area contributed by atoms with Crippen molar-refractivity contribution in [2.24, 2.45) is 5.92 Å². The van der Waals surface area contributed by atoms with Gasteiger partial charge in [-0.15, -0.1) is 6.58 Å². The zero-order chi connectivity index (χ0) is 23.4. The lowest BCUT2D eigenvalue weighted by molar-refractivity contribution is 0.506. The number of allylic oxidation sites excluding steroid dienone is 3. The second-order valence-electron chi connectivity index (χ2n) is 10.7. The minimum Gasteiger partial charge on any atom is -0.103 e. The Balaban J connectivity index is 3.08. The molecule has 0 aliphatic carbocycles. The molecule has 0 spiro atoms. The molecule has 0 N–H and O–H groups in total. The molecular formula is C32H62. The molecule has 190 valence electrons. The van der Waals surface area contributed by atoms with Gasteiger partial charge in [-0.05, 0) is 44.4 Å². The molecule has 0 aliphatic heterocycles. The number of hydrogen-bond acceptors (Lipinski definition) is 0. The lowest BCUT2D eigenvalue weighted by Crippen LogP contribution is -1.87. The van der Waals surface area contributed by atoms with Crippen molar-refractivity contribution in [1.82, 2.24) is 0 Å². The molecule has 0 heteroatoms. The summed E-state index contributed by atoms with van der Waals surface area (Å²) in [4.78, 5) is 0. The predicted molar refractivity (Wildman–Crippen MR) is 150 cm³/mol. The minimum atomic E-state index is 0.890. The van der Waals surface area contributed by atoms with Crippen LogP contribution in [0.5, 0.6) is 0 Å². The van der Waals surface area contributed by atoms with E-state index in [1.54, 1.807) is 0 Å². The maximum absolute atomic E-state index is 3.79. The maximum atomic E-state index is 3.79. The van der Waals surface area contributed by atoms with Gasteiger partial charge in [0.2, 0.25) is 0 Å². The van der Waals surface area contributed by atoms with E-state index in [0.29, 0.717) is 0 Å².